The highest BCUT2D eigenvalue weighted by atomic mass is 32.2. The highest BCUT2D eigenvalue weighted by Crippen LogP contribution is 2.28. The minimum absolute atomic E-state index is 0.00135. The number of nitrogens with zero attached hydrogens (tertiary/aromatic N) is 3. The maximum absolute atomic E-state index is 12.0. The van der Waals surface area contributed by atoms with Crippen LogP contribution in [0.2, 0.25) is 0 Å². The second kappa shape index (κ2) is 8.71. The van der Waals surface area contributed by atoms with Gasteiger partial charge in [-0.1, -0.05) is 42.8 Å². The number of hydrogen-bond donors (Lipinski definition) is 1. The van der Waals surface area contributed by atoms with Crippen molar-refractivity contribution in [3.8, 4) is 17.3 Å². The molecule has 0 bridgehead atoms. The van der Waals surface area contributed by atoms with E-state index in [0.29, 0.717) is 29.0 Å². The molecule has 1 N–H and O–H groups in total. The molecule has 0 saturated carbocycles. The van der Waals surface area contributed by atoms with Crippen LogP contribution in [0.15, 0.2) is 52.2 Å². The number of carbonyl (C=O) groups excluding carboxylic acids is 1. The molecule has 3 rings (SSSR count). The van der Waals surface area contributed by atoms with Gasteiger partial charge in [0, 0.05) is 12.2 Å². The van der Waals surface area contributed by atoms with Crippen LogP contribution in [0.25, 0.3) is 17.3 Å². The predicted molar refractivity (Wildman–Crippen MR) is 102 cm³/mol. The molecule has 0 radical (unpaired) electrons. The lowest BCUT2D eigenvalue weighted by Crippen LogP contribution is -2.26. The monoisotopic (exact) mass is 370 g/mol. The Morgan fingerprint density at radius 3 is 2.73 bits per heavy atom. The number of rotatable bonds is 8. The molecule has 0 fully saturated rings. The summed E-state index contributed by atoms with van der Waals surface area (Å²) in [5.74, 6) is 1.55. The number of carbonyl (C=O) groups is 1. The van der Waals surface area contributed by atoms with E-state index >= 15 is 0 Å². The smallest absolute Gasteiger partial charge is 0.230 e. The number of aromatic nitrogens is 3. The topological polar surface area (TPSA) is 73.0 Å². The molecule has 1 aromatic carbocycles. The second-order valence-corrected chi connectivity index (χ2v) is 6.89. The average Bonchev–Trinajstić information content (AvgIpc) is 3.30. The minimum atomic E-state index is 0.00135. The molecule has 136 valence electrons. The fourth-order valence-corrected chi connectivity index (χ4v) is 3.22. The van der Waals surface area contributed by atoms with E-state index in [-0.39, 0.29) is 5.91 Å². The number of unbranched alkanes of at least 4 members (excludes halogenated alkanes) is 1. The van der Waals surface area contributed by atoms with Gasteiger partial charge in [-0.3, -0.25) is 9.36 Å². The van der Waals surface area contributed by atoms with Gasteiger partial charge in [0.25, 0.3) is 0 Å². The summed E-state index contributed by atoms with van der Waals surface area (Å²) in [5.41, 5.74) is 2.10. The summed E-state index contributed by atoms with van der Waals surface area (Å²) < 4.78 is 7.42. The average molecular weight is 370 g/mol. The molecular formula is C19H22N4O2S. The zero-order valence-corrected chi connectivity index (χ0v) is 15.8. The first-order chi connectivity index (χ1) is 12.7. The largest absolute Gasteiger partial charge is 0.461 e. The molecule has 0 aliphatic rings. The first-order valence-electron chi connectivity index (χ1n) is 8.65. The molecule has 26 heavy (non-hydrogen) atoms. The van der Waals surface area contributed by atoms with Crippen molar-refractivity contribution >= 4 is 17.7 Å². The molecule has 0 unspecified atom stereocenters. The summed E-state index contributed by atoms with van der Waals surface area (Å²) in [7, 11) is 0. The molecule has 1 amide bonds. The van der Waals surface area contributed by atoms with Gasteiger partial charge in [-0.15, -0.1) is 10.2 Å². The van der Waals surface area contributed by atoms with Crippen LogP contribution in [-0.4, -0.2) is 33.0 Å². The molecule has 0 atom stereocenters. The standard InChI is InChI=1S/C19H22N4O2S/c1-3-4-11-20-17(24)13-26-19-22-21-18(16-6-5-12-25-16)23(19)15-9-7-14(2)8-10-15/h5-10,12H,3-4,11,13H2,1-2H3,(H,20,24). The van der Waals surface area contributed by atoms with Crippen molar-refractivity contribution in [2.75, 3.05) is 12.3 Å². The van der Waals surface area contributed by atoms with E-state index in [4.69, 9.17) is 4.42 Å². The zero-order chi connectivity index (χ0) is 18.4. The summed E-state index contributed by atoms with van der Waals surface area (Å²) in [6.45, 7) is 4.85. The second-order valence-electron chi connectivity index (χ2n) is 5.95. The van der Waals surface area contributed by atoms with E-state index in [2.05, 4.69) is 22.4 Å². The summed E-state index contributed by atoms with van der Waals surface area (Å²) >= 11 is 1.37. The maximum atomic E-state index is 12.0. The van der Waals surface area contributed by atoms with Gasteiger partial charge in [-0.2, -0.15) is 0 Å². The zero-order valence-electron chi connectivity index (χ0n) is 14.9. The number of furan rings is 1. The Labute approximate surface area is 157 Å². The van der Waals surface area contributed by atoms with Crippen molar-refractivity contribution in [1.29, 1.82) is 0 Å². The van der Waals surface area contributed by atoms with Gasteiger partial charge in [0.15, 0.2) is 10.9 Å². The summed E-state index contributed by atoms with van der Waals surface area (Å²) in [4.78, 5) is 12.0. The first-order valence-corrected chi connectivity index (χ1v) is 9.63. The fourth-order valence-electron chi connectivity index (χ4n) is 2.44. The van der Waals surface area contributed by atoms with Crippen molar-refractivity contribution in [3.05, 3.63) is 48.2 Å². The quantitative estimate of drug-likeness (QED) is 0.482. The third kappa shape index (κ3) is 4.35. The third-order valence-corrected chi connectivity index (χ3v) is 4.78. The lowest BCUT2D eigenvalue weighted by molar-refractivity contribution is -0.118. The van der Waals surface area contributed by atoms with E-state index in [1.165, 1.54) is 17.3 Å². The van der Waals surface area contributed by atoms with E-state index in [1.54, 1.807) is 6.26 Å². The number of aryl methyl sites for hydroxylation is 1. The molecular weight excluding hydrogens is 348 g/mol. The molecule has 0 saturated heterocycles. The Hall–Kier alpha value is -2.54. The number of benzene rings is 1. The number of hydrogen-bond acceptors (Lipinski definition) is 5. The van der Waals surface area contributed by atoms with Crippen LogP contribution in [-0.2, 0) is 4.79 Å². The van der Waals surface area contributed by atoms with Crippen molar-refractivity contribution in [2.45, 2.75) is 31.8 Å². The molecule has 2 heterocycles. The van der Waals surface area contributed by atoms with E-state index in [0.717, 1.165) is 18.5 Å². The SMILES string of the molecule is CCCCNC(=O)CSc1nnc(-c2ccco2)n1-c1ccc(C)cc1. The fraction of sp³-hybridized carbons (Fsp3) is 0.316. The Morgan fingerprint density at radius 2 is 2.04 bits per heavy atom. The Bertz CT molecular complexity index is 841. The molecule has 3 aromatic rings. The normalized spacial score (nSPS) is 10.8. The Morgan fingerprint density at radius 1 is 1.23 bits per heavy atom. The van der Waals surface area contributed by atoms with E-state index in [9.17, 15) is 4.79 Å². The summed E-state index contributed by atoms with van der Waals surface area (Å²) in [6.07, 6.45) is 3.65. The van der Waals surface area contributed by atoms with Crippen LogP contribution in [0.1, 0.15) is 25.3 Å². The lowest BCUT2D eigenvalue weighted by atomic mass is 10.2. The Balaban J connectivity index is 1.83. The van der Waals surface area contributed by atoms with E-state index < -0.39 is 0 Å². The van der Waals surface area contributed by atoms with Crippen molar-refractivity contribution in [1.82, 2.24) is 20.1 Å². The highest BCUT2D eigenvalue weighted by molar-refractivity contribution is 7.99. The van der Waals surface area contributed by atoms with E-state index in [1.807, 2.05) is 47.9 Å². The van der Waals surface area contributed by atoms with Crippen LogP contribution >= 0.6 is 11.8 Å². The van der Waals surface area contributed by atoms with Crippen molar-refractivity contribution < 1.29 is 9.21 Å². The van der Waals surface area contributed by atoms with Gasteiger partial charge in [-0.05, 0) is 37.6 Å². The van der Waals surface area contributed by atoms with Crippen LogP contribution < -0.4 is 5.32 Å². The minimum Gasteiger partial charge on any atom is -0.461 e. The predicted octanol–water partition coefficient (Wildman–Crippen LogP) is 3.84. The third-order valence-electron chi connectivity index (χ3n) is 3.85. The van der Waals surface area contributed by atoms with Gasteiger partial charge in [0.2, 0.25) is 11.7 Å². The first kappa shape index (κ1) is 18.3. The highest BCUT2D eigenvalue weighted by Gasteiger charge is 2.18. The summed E-state index contributed by atoms with van der Waals surface area (Å²) in [6, 6.07) is 11.8. The number of nitrogens with one attached hydrogen (secondary N) is 1. The number of amides is 1. The van der Waals surface area contributed by atoms with Crippen LogP contribution in [0, 0.1) is 6.92 Å². The summed E-state index contributed by atoms with van der Waals surface area (Å²) in [5, 5.41) is 12.1. The van der Waals surface area contributed by atoms with Gasteiger partial charge in [0.05, 0.1) is 12.0 Å². The van der Waals surface area contributed by atoms with Gasteiger partial charge in [-0.25, -0.2) is 0 Å². The number of thioether (sulfide) groups is 1. The maximum Gasteiger partial charge on any atom is 0.230 e. The van der Waals surface area contributed by atoms with Crippen LogP contribution in [0.3, 0.4) is 0 Å². The van der Waals surface area contributed by atoms with Crippen LogP contribution in [0.5, 0.6) is 0 Å². The molecule has 2 aromatic heterocycles. The Kier molecular flexibility index (Phi) is 6.12. The van der Waals surface area contributed by atoms with Crippen molar-refractivity contribution in [3.63, 3.8) is 0 Å². The van der Waals surface area contributed by atoms with Crippen molar-refractivity contribution in [2.24, 2.45) is 0 Å². The molecule has 7 heteroatoms. The molecule has 0 aliphatic carbocycles. The molecule has 0 aliphatic heterocycles. The van der Waals surface area contributed by atoms with Gasteiger partial charge >= 0.3 is 0 Å². The molecule has 0 spiro atoms. The van der Waals surface area contributed by atoms with Gasteiger partial charge < -0.3 is 9.73 Å². The lowest BCUT2D eigenvalue weighted by Gasteiger charge is -2.09. The van der Waals surface area contributed by atoms with Crippen LogP contribution in [0.4, 0.5) is 0 Å². The molecule has 6 nitrogen and oxygen atoms in total. The van der Waals surface area contributed by atoms with Gasteiger partial charge in [0.1, 0.15) is 0 Å².